The molecule has 0 heterocycles. The van der Waals surface area contributed by atoms with Crippen molar-refractivity contribution in [2.45, 2.75) is 44.0 Å². The Morgan fingerprint density at radius 1 is 1.03 bits per heavy atom. The van der Waals surface area contributed by atoms with Gasteiger partial charge in [-0.1, -0.05) is 37.6 Å². The van der Waals surface area contributed by atoms with E-state index in [1.54, 1.807) is 24.3 Å². The molecule has 0 saturated carbocycles. The standard InChI is InChI=1S/C19H25O7PS.K/c1-2-5-15-10-12-17(13-11-15)26-18-8-3-6-16(14-18)7-4-9-19(27(20,21)22)28(23,24)25;/h3,6,8,10-14,19H,2,4-5,7,9H2,1H3,(H2,20,21,22)(H,23,24,25);/q;+1/p-1. The molecule has 2 aromatic rings. The van der Waals surface area contributed by atoms with E-state index in [0.29, 0.717) is 17.9 Å². The SMILES string of the molecule is CCCc1ccc(Oc2cccc(CCCC(P(=O)(O)O)S(=O)(=O)[O-])c2)cc1.[K+]. The normalized spacial score (nSPS) is 12.8. The molecule has 0 aliphatic heterocycles. The second-order valence-corrected chi connectivity index (χ2v) is 10.3. The van der Waals surface area contributed by atoms with Crippen LogP contribution < -0.4 is 56.1 Å². The van der Waals surface area contributed by atoms with Gasteiger partial charge in [0.1, 0.15) is 21.6 Å². The first-order chi connectivity index (χ1) is 13.1. The van der Waals surface area contributed by atoms with E-state index in [4.69, 9.17) is 14.5 Å². The molecule has 0 spiro atoms. The Hall–Kier alpha value is -0.0636. The first-order valence-corrected chi connectivity index (χ1v) is 12.1. The second-order valence-electron chi connectivity index (χ2n) is 6.57. The molecule has 0 amide bonds. The van der Waals surface area contributed by atoms with Crippen LogP contribution in [0.3, 0.4) is 0 Å². The molecule has 2 aromatic carbocycles. The van der Waals surface area contributed by atoms with Crippen molar-refractivity contribution in [3.63, 3.8) is 0 Å². The maximum absolute atomic E-state index is 11.2. The number of hydrogen-bond acceptors (Lipinski definition) is 5. The van der Waals surface area contributed by atoms with E-state index in [9.17, 15) is 17.5 Å². The van der Waals surface area contributed by atoms with Crippen LogP contribution in [0.5, 0.6) is 11.5 Å². The van der Waals surface area contributed by atoms with Gasteiger partial charge >= 0.3 is 59.0 Å². The second kappa shape index (κ2) is 12.1. The predicted octanol–water partition coefficient (Wildman–Crippen LogP) is 0.807. The molecular weight excluding hydrogens is 442 g/mol. The van der Waals surface area contributed by atoms with Crippen molar-refractivity contribution in [1.29, 1.82) is 0 Å². The van der Waals surface area contributed by atoms with Crippen LogP contribution in [0.25, 0.3) is 0 Å². The molecule has 0 bridgehead atoms. The number of benzene rings is 2. The minimum Gasteiger partial charge on any atom is -0.747 e. The minimum absolute atomic E-state index is 0. The Kier molecular flexibility index (Phi) is 11.2. The van der Waals surface area contributed by atoms with E-state index in [-0.39, 0.29) is 57.8 Å². The number of ether oxygens (including phenoxy) is 1. The van der Waals surface area contributed by atoms with Crippen LogP contribution in [-0.4, -0.2) is 27.7 Å². The van der Waals surface area contributed by atoms with Crippen LogP contribution in [0.2, 0.25) is 0 Å². The summed E-state index contributed by atoms with van der Waals surface area (Å²) < 4.78 is 50.3. The number of hydrogen-bond donors (Lipinski definition) is 2. The maximum atomic E-state index is 11.2. The third-order valence-electron chi connectivity index (χ3n) is 4.22. The molecule has 2 N–H and O–H groups in total. The molecule has 154 valence electrons. The fraction of sp³-hybridized carbons (Fsp3) is 0.368. The van der Waals surface area contributed by atoms with Crippen molar-refractivity contribution in [1.82, 2.24) is 0 Å². The third-order valence-corrected chi connectivity index (χ3v) is 7.73. The molecule has 1 unspecified atom stereocenters. The quantitative estimate of drug-likeness (QED) is 0.302. The van der Waals surface area contributed by atoms with Gasteiger partial charge in [0.05, 0.1) is 0 Å². The van der Waals surface area contributed by atoms with Crippen molar-refractivity contribution in [2.75, 3.05) is 0 Å². The summed E-state index contributed by atoms with van der Waals surface area (Å²) in [4.78, 5) is 16.0. The smallest absolute Gasteiger partial charge is 0.747 e. The summed E-state index contributed by atoms with van der Waals surface area (Å²) in [6.45, 7) is 2.12. The van der Waals surface area contributed by atoms with Crippen LogP contribution >= 0.6 is 7.60 Å². The topological polar surface area (TPSA) is 124 Å². The average molecular weight is 467 g/mol. The van der Waals surface area contributed by atoms with Crippen LogP contribution in [0.1, 0.15) is 37.3 Å². The fourth-order valence-electron chi connectivity index (χ4n) is 2.87. The fourth-order valence-corrected chi connectivity index (χ4v) is 5.19. The molecule has 0 fully saturated rings. The summed E-state index contributed by atoms with van der Waals surface area (Å²) in [5.41, 5.74) is 2.05. The molecule has 0 aromatic heterocycles. The summed E-state index contributed by atoms with van der Waals surface area (Å²) in [6.07, 6.45) is 2.17. The van der Waals surface area contributed by atoms with Crippen molar-refractivity contribution in [3.8, 4) is 11.5 Å². The molecule has 10 heteroatoms. The van der Waals surface area contributed by atoms with Crippen molar-refractivity contribution < 1.29 is 83.4 Å². The van der Waals surface area contributed by atoms with Gasteiger partial charge in [-0.2, -0.15) is 0 Å². The van der Waals surface area contributed by atoms with E-state index in [2.05, 4.69) is 6.92 Å². The van der Waals surface area contributed by atoms with Crippen LogP contribution in [0, 0.1) is 0 Å². The van der Waals surface area contributed by atoms with Gasteiger partial charge in [-0.25, -0.2) is 8.42 Å². The molecule has 7 nitrogen and oxygen atoms in total. The predicted molar refractivity (Wildman–Crippen MR) is 105 cm³/mol. The van der Waals surface area contributed by atoms with E-state index in [1.807, 2.05) is 24.3 Å². The average Bonchev–Trinajstić information content (AvgIpc) is 2.59. The Bertz CT molecular complexity index is 926. The number of aryl methyl sites for hydroxylation is 2. The van der Waals surface area contributed by atoms with Crippen LogP contribution in [-0.2, 0) is 27.5 Å². The van der Waals surface area contributed by atoms with Gasteiger partial charge in [0, 0.05) is 0 Å². The summed E-state index contributed by atoms with van der Waals surface area (Å²) in [5.74, 6) is 1.29. The molecule has 0 saturated heterocycles. The molecule has 29 heavy (non-hydrogen) atoms. The first kappa shape index (κ1) is 27.0. The summed E-state index contributed by atoms with van der Waals surface area (Å²) in [5, 5.41) is 0. The van der Waals surface area contributed by atoms with Gasteiger partial charge in [0.15, 0.2) is 4.99 Å². The Balaban J connectivity index is 0.00000420. The zero-order valence-electron chi connectivity index (χ0n) is 16.5. The van der Waals surface area contributed by atoms with Gasteiger partial charge in [0.25, 0.3) is 0 Å². The largest absolute Gasteiger partial charge is 1.00 e. The zero-order valence-corrected chi connectivity index (χ0v) is 21.4. The monoisotopic (exact) mass is 466 g/mol. The van der Waals surface area contributed by atoms with E-state index < -0.39 is 29.1 Å². The van der Waals surface area contributed by atoms with Crippen molar-refractivity contribution in [3.05, 3.63) is 59.7 Å². The maximum Gasteiger partial charge on any atom is 1.00 e. The Morgan fingerprint density at radius 2 is 1.69 bits per heavy atom. The van der Waals surface area contributed by atoms with E-state index >= 15 is 0 Å². The first-order valence-electron chi connectivity index (χ1n) is 8.95. The number of rotatable bonds is 10. The molecule has 2 rings (SSSR count). The minimum atomic E-state index is -5.07. The molecule has 0 radical (unpaired) electrons. The van der Waals surface area contributed by atoms with Crippen LogP contribution in [0.4, 0.5) is 0 Å². The van der Waals surface area contributed by atoms with Gasteiger partial charge in [-0.05, 0) is 61.1 Å². The van der Waals surface area contributed by atoms with Gasteiger partial charge in [-0.15, -0.1) is 0 Å². The van der Waals surface area contributed by atoms with Gasteiger partial charge in [0.2, 0.25) is 0 Å². The van der Waals surface area contributed by atoms with Gasteiger partial charge < -0.3 is 19.1 Å². The van der Waals surface area contributed by atoms with E-state index in [1.165, 1.54) is 5.56 Å². The molecule has 0 aliphatic carbocycles. The summed E-state index contributed by atoms with van der Waals surface area (Å²) >= 11 is 0. The molecule has 0 aliphatic rings. The summed E-state index contributed by atoms with van der Waals surface area (Å²) in [7, 11) is -10.1. The van der Waals surface area contributed by atoms with Crippen molar-refractivity contribution >= 4 is 17.7 Å². The Labute approximate surface area is 214 Å². The third kappa shape index (κ3) is 9.31. The van der Waals surface area contributed by atoms with Crippen LogP contribution in [0.15, 0.2) is 48.5 Å². The molecular formula is C19H24KO7PS. The van der Waals surface area contributed by atoms with E-state index in [0.717, 1.165) is 18.4 Å². The zero-order chi connectivity index (χ0) is 20.8. The molecule has 1 atom stereocenters. The summed E-state index contributed by atoms with van der Waals surface area (Å²) in [6, 6.07) is 14.9. The van der Waals surface area contributed by atoms with Crippen molar-refractivity contribution in [2.24, 2.45) is 0 Å². The van der Waals surface area contributed by atoms with Gasteiger partial charge in [-0.3, -0.25) is 4.57 Å². The Morgan fingerprint density at radius 3 is 2.24 bits per heavy atom.